The minimum absolute atomic E-state index is 0.0738. The molecular formula is C28H52O7. The van der Waals surface area contributed by atoms with Crippen molar-refractivity contribution in [2.75, 3.05) is 6.61 Å². The summed E-state index contributed by atoms with van der Waals surface area (Å²) >= 11 is 0. The molecule has 7 heteroatoms. The maximum atomic E-state index is 11.5. The Morgan fingerprint density at radius 2 is 1.60 bits per heavy atom. The van der Waals surface area contributed by atoms with E-state index in [0.717, 1.165) is 38.5 Å². The summed E-state index contributed by atoms with van der Waals surface area (Å²) in [5.74, 6) is 0.623. The highest BCUT2D eigenvalue weighted by Crippen LogP contribution is 2.40. The van der Waals surface area contributed by atoms with Crippen LogP contribution in [0.3, 0.4) is 0 Å². The lowest BCUT2D eigenvalue weighted by atomic mass is 9.76. The van der Waals surface area contributed by atoms with Crippen LogP contribution in [0, 0.1) is 29.6 Å². The van der Waals surface area contributed by atoms with Gasteiger partial charge in [-0.15, -0.1) is 0 Å². The summed E-state index contributed by atoms with van der Waals surface area (Å²) < 4.78 is 25.1. The minimum Gasteiger partial charge on any atom is -0.388 e. The van der Waals surface area contributed by atoms with E-state index in [-0.39, 0.29) is 36.8 Å². The van der Waals surface area contributed by atoms with Crippen molar-refractivity contribution in [1.29, 1.82) is 0 Å². The number of ether oxygens (including phenoxy) is 4. The van der Waals surface area contributed by atoms with E-state index in [0.29, 0.717) is 18.3 Å². The fraction of sp³-hybridized carbons (Fsp3) is 1.00. The summed E-state index contributed by atoms with van der Waals surface area (Å²) in [5.41, 5.74) is -1.11. The molecule has 1 aliphatic carbocycles. The van der Waals surface area contributed by atoms with Crippen molar-refractivity contribution < 1.29 is 34.3 Å². The van der Waals surface area contributed by atoms with Gasteiger partial charge < -0.3 is 34.3 Å². The van der Waals surface area contributed by atoms with Gasteiger partial charge in [0.05, 0.1) is 30.5 Å². The van der Waals surface area contributed by atoms with E-state index in [1.165, 1.54) is 0 Å². The number of aliphatic hydroxyl groups excluding tert-OH is 2. The summed E-state index contributed by atoms with van der Waals surface area (Å²) in [6, 6.07) is 0. The van der Waals surface area contributed by atoms with Crippen molar-refractivity contribution in [3.8, 4) is 0 Å². The molecule has 0 bridgehead atoms. The second-order valence-electron chi connectivity index (χ2n) is 12.2. The van der Waals surface area contributed by atoms with E-state index in [1.807, 2.05) is 6.92 Å². The molecule has 206 valence electrons. The normalized spacial score (nSPS) is 47.2. The standard InChI is InChI=1S/C28H52O7/c1-8-10-11-19-12-13-21(16(3)4)33-26(19)34-24-17(5)14-18(6)25(23(24)30)35-27-22(29)20(9-2)28(7,31)15-32-27/h16-27,29-31H,8-15H2,1-7H3/t17-,18+,19+,20+,21-,22+,23-,24?,25?,26?,27?,28-/m0/s1. The van der Waals surface area contributed by atoms with Gasteiger partial charge in [0.25, 0.3) is 0 Å². The van der Waals surface area contributed by atoms with E-state index >= 15 is 0 Å². The lowest BCUT2D eigenvalue weighted by molar-refractivity contribution is -0.325. The Hall–Kier alpha value is -0.280. The van der Waals surface area contributed by atoms with Crippen LogP contribution in [0.4, 0.5) is 0 Å². The van der Waals surface area contributed by atoms with Gasteiger partial charge in [-0.2, -0.15) is 0 Å². The third kappa shape index (κ3) is 6.78. The molecule has 0 radical (unpaired) electrons. The summed E-state index contributed by atoms with van der Waals surface area (Å²) in [6.07, 6.45) is 3.13. The first-order valence-corrected chi connectivity index (χ1v) is 14.2. The maximum Gasteiger partial charge on any atom is 0.184 e. The monoisotopic (exact) mass is 500 g/mol. The molecule has 4 unspecified atom stereocenters. The zero-order valence-electron chi connectivity index (χ0n) is 23.1. The zero-order valence-corrected chi connectivity index (χ0v) is 23.1. The van der Waals surface area contributed by atoms with Crippen molar-refractivity contribution in [3.63, 3.8) is 0 Å². The van der Waals surface area contributed by atoms with Crippen molar-refractivity contribution in [2.24, 2.45) is 29.6 Å². The fourth-order valence-electron chi connectivity index (χ4n) is 6.52. The first kappa shape index (κ1) is 29.3. The van der Waals surface area contributed by atoms with Crippen LogP contribution >= 0.6 is 0 Å². The Balaban J connectivity index is 1.72. The Kier molecular flexibility index (Phi) is 10.5. The van der Waals surface area contributed by atoms with E-state index in [2.05, 4.69) is 34.6 Å². The van der Waals surface area contributed by atoms with Gasteiger partial charge in [-0.05, 0) is 56.8 Å². The second kappa shape index (κ2) is 12.5. The van der Waals surface area contributed by atoms with Gasteiger partial charge in [0.15, 0.2) is 12.6 Å². The maximum absolute atomic E-state index is 11.5. The van der Waals surface area contributed by atoms with Crippen molar-refractivity contribution in [2.45, 2.75) is 142 Å². The molecule has 0 aromatic heterocycles. The molecule has 7 nitrogen and oxygen atoms in total. The summed E-state index contributed by atoms with van der Waals surface area (Å²) in [7, 11) is 0. The topological polar surface area (TPSA) is 97.6 Å². The molecular weight excluding hydrogens is 448 g/mol. The molecule has 12 atom stereocenters. The molecule has 3 rings (SSSR count). The van der Waals surface area contributed by atoms with Crippen LogP contribution in [-0.2, 0) is 18.9 Å². The third-order valence-electron chi connectivity index (χ3n) is 8.78. The molecule has 1 saturated carbocycles. The van der Waals surface area contributed by atoms with Gasteiger partial charge in [0, 0.05) is 11.8 Å². The van der Waals surface area contributed by atoms with Crippen LogP contribution in [-0.4, -0.2) is 70.6 Å². The smallest absolute Gasteiger partial charge is 0.184 e. The second-order valence-corrected chi connectivity index (χ2v) is 12.2. The van der Waals surface area contributed by atoms with Gasteiger partial charge in [0.2, 0.25) is 0 Å². The zero-order chi connectivity index (χ0) is 25.9. The van der Waals surface area contributed by atoms with Crippen LogP contribution in [0.1, 0.15) is 93.4 Å². The average Bonchev–Trinajstić information content (AvgIpc) is 2.79. The molecule has 3 N–H and O–H groups in total. The van der Waals surface area contributed by atoms with Gasteiger partial charge in [-0.3, -0.25) is 0 Å². The highest BCUT2D eigenvalue weighted by Gasteiger charge is 2.50. The largest absolute Gasteiger partial charge is 0.388 e. The number of unbranched alkanes of at least 4 members (excludes halogenated alkanes) is 1. The molecule has 3 fully saturated rings. The van der Waals surface area contributed by atoms with Crippen LogP contribution in [0.2, 0.25) is 0 Å². The lowest BCUT2D eigenvalue weighted by Gasteiger charge is -2.49. The summed E-state index contributed by atoms with van der Waals surface area (Å²) in [5, 5.41) is 33.0. The highest BCUT2D eigenvalue weighted by atomic mass is 16.7. The highest BCUT2D eigenvalue weighted by molar-refractivity contribution is 4.96. The van der Waals surface area contributed by atoms with Gasteiger partial charge >= 0.3 is 0 Å². The molecule has 0 spiro atoms. The fourth-order valence-corrected chi connectivity index (χ4v) is 6.52. The number of hydrogen-bond acceptors (Lipinski definition) is 7. The van der Waals surface area contributed by atoms with Crippen molar-refractivity contribution in [3.05, 3.63) is 0 Å². The number of hydrogen-bond donors (Lipinski definition) is 3. The molecule has 0 aromatic carbocycles. The Morgan fingerprint density at radius 3 is 2.17 bits per heavy atom. The Morgan fingerprint density at radius 1 is 0.971 bits per heavy atom. The summed E-state index contributed by atoms with van der Waals surface area (Å²) in [6.45, 7) is 14.5. The van der Waals surface area contributed by atoms with E-state index < -0.39 is 36.3 Å². The predicted octanol–water partition coefficient (Wildman–Crippen LogP) is 4.26. The van der Waals surface area contributed by atoms with Crippen molar-refractivity contribution >= 4 is 0 Å². The van der Waals surface area contributed by atoms with Gasteiger partial charge in [-0.25, -0.2) is 0 Å². The molecule has 0 aromatic rings. The van der Waals surface area contributed by atoms with Crippen LogP contribution in [0.25, 0.3) is 0 Å². The van der Waals surface area contributed by atoms with E-state index in [1.54, 1.807) is 6.92 Å². The van der Waals surface area contributed by atoms with E-state index in [4.69, 9.17) is 18.9 Å². The average molecular weight is 501 g/mol. The molecule has 2 saturated heterocycles. The minimum atomic E-state index is -1.11. The molecule has 2 aliphatic heterocycles. The molecule has 3 aliphatic rings. The Bertz CT molecular complexity index is 641. The van der Waals surface area contributed by atoms with E-state index in [9.17, 15) is 15.3 Å². The van der Waals surface area contributed by atoms with Gasteiger partial charge in [0.1, 0.15) is 12.2 Å². The van der Waals surface area contributed by atoms with Gasteiger partial charge in [-0.1, -0.05) is 54.4 Å². The summed E-state index contributed by atoms with van der Waals surface area (Å²) in [4.78, 5) is 0. The predicted molar refractivity (Wildman–Crippen MR) is 135 cm³/mol. The number of rotatable bonds is 9. The van der Waals surface area contributed by atoms with Crippen LogP contribution in [0.5, 0.6) is 0 Å². The lowest BCUT2D eigenvalue weighted by Crippen LogP contribution is -2.60. The SMILES string of the molecule is CCCC[C@@H]1CC[C@@H](C(C)C)OC1OC1[C@H](O)C(OC2OC[C@](C)(O)[C@H](CC)[C@H]2O)[C@H](C)C[C@@H]1C. The molecule has 2 heterocycles. The molecule has 35 heavy (non-hydrogen) atoms. The van der Waals surface area contributed by atoms with Crippen molar-refractivity contribution in [1.82, 2.24) is 0 Å². The molecule has 0 amide bonds. The van der Waals surface area contributed by atoms with Crippen LogP contribution < -0.4 is 0 Å². The third-order valence-corrected chi connectivity index (χ3v) is 8.78. The van der Waals surface area contributed by atoms with Crippen LogP contribution in [0.15, 0.2) is 0 Å². The first-order chi connectivity index (χ1) is 16.5. The Labute approximate surface area is 212 Å². The first-order valence-electron chi connectivity index (χ1n) is 14.2. The number of aliphatic hydroxyl groups is 3. The quantitative estimate of drug-likeness (QED) is 0.435.